The van der Waals surface area contributed by atoms with Crippen LogP contribution in [-0.2, 0) is 0 Å². The summed E-state index contributed by atoms with van der Waals surface area (Å²) >= 11 is 0. The van der Waals surface area contributed by atoms with Crippen molar-refractivity contribution < 1.29 is 0 Å². The fourth-order valence-corrected chi connectivity index (χ4v) is 11.4. The smallest absolute Gasteiger partial charge is 0.0361 e. The molecule has 0 aliphatic carbocycles. The van der Waals surface area contributed by atoms with Crippen molar-refractivity contribution in [1.82, 2.24) is 0 Å². The topological polar surface area (TPSA) is 13.0 Å². The molecular formula is C37H50N4P2. The van der Waals surface area contributed by atoms with Gasteiger partial charge in [0.15, 0.2) is 0 Å². The molecule has 0 saturated carbocycles. The zero-order valence-electron chi connectivity index (χ0n) is 27.8. The molecule has 0 aromatic heterocycles. The van der Waals surface area contributed by atoms with Gasteiger partial charge in [0.1, 0.15) is 0 Å². The van der Waals surface area contributed by atoms with E-state index in [4.69, 9.17) is 0 Å². The van der Waals surface area contributed by atoms with Crippen LogP contribution in [0.3, 0.4) is 0 Å². The van der Waals surface area contributed by atoms with Gasteiger partial charge < -0.3 is 19.6 Å². The van der Waals surface area contributed by atoms with E-state index in [1.54, 1.807) is 0 Å². The monoisotopic (exact) mass is 612 g/mol. The van der Waals surface area contributed by atoms with Crippen LogP contribution >= 0.6 is 15.8 Å². The highest BCUT2D eigenvalue weighted by Crippen LogP contribution is 2.48. The van der Waals surface area contributed by atoms with Crippen LogP contribution < -0.4 is 40.8 Å². The maximum absolute atomic E-state index is 2.49. The molecule has 4 aromatic carbocycles. The van der Waals surface area contributed by atoms with E-state index in [-0.39, 0.29) is 0 Å². The first-order valence-electron chi connectivity index (χ1n) is 15.1. The van der Waals surface area contributed by atoms with Crippen molar-refractivity contribution in [1.29, 1.82) is 0 Å². The Morgan fingerprint density at radius 1 is 0.372 bits per heavy atom. The number of benzene rings is 4. The maximum atomic E-state index is 2.49. The molecule has 4 aromatic rings. The average molecular weight is 613 g/mol. The van der Waals surface area contributed by atoms with Crippen molar-refractivity contribution in [3.05, 3.63) is 97.1 Å². The summed E-state index contributed by atoms with van der Waals surface area (Å²) in [5, 5.41) is 5.81. The SMILES string of the molecule is C[C@@H](C[C@H](C)P(c1ccc(N(C)C)cc1)c1ccc(N(C)C)cc1)P(c1ccc(N(C)C)cc1)c1ccc(N(C)C)cc1. The first-order valence-corrected chi connectivity index (χ1v) is 18.0. The largest absolute Gasteiger partial charge is 0.378 e. The molecule has 0 amide bonds. The van der Waals surface area contributed by atoms with Gasteiger partial charge in [-0.05, 0) is 103 Å². The van der Waals surface area contributed by atoms with E-state index in [1.165, 1.54) is 44.0 Å². The number of anilines is 4. The Morgan fingerprint density at radius 2 is 0.558 bits per heavy atom. The third-order valence-electron chi connectivity index (χ3n) is 8.14. The van der Waals surface area contributed by atoms with Crippen LogP contribution in [-0.4, -0.2) is 67.7 Å². The van der Waals surface area contributed by atoms with Gasteiger partial charge in [-0.2, -0.15) is 0 Å². The van der Waals surface area contributed by atoms with Crippen LogP contribution in [0.2, 0.25) is 0 Å². The lowest BCUT2D eigenvalue weighted by molar-refractivity contribution is 0.793. The second-order valence-electron chi connectivity index (χ2n) is 12.3. The summed E-state index contributed by atoms with van der Waals surface area (Å²) in [6.45, 7) is 4.97. The van der Waals surface area contributed by atoms with Gasteiger partial charge in [0, 0.05) is 79.1 Å². The lowest BCUT2D eigenvalue weighted by Crippen LogP contribution is -2.26. The van der Waals surface area contributed by atoms with E-state index in [2.05, 4.69) is 187 Å². The molecule has 4 nitrogen and oxygen atoms in total. The van der Waals surface area contributed by atoms with Crippen molar-refractivity contribution in [3.63, 3.8) is 0 Å². The van der Waals surface area contributed by atoms with Crippen LogP contribution in [0.15, 0.2) is 97.1 Å². The normalized spacial score (nSPS) is 12.7. The van der Waals surface area contributed by atoms with Crippen molar-refractivity contribution >= 4 is 59.8 Å². The van der Waals surface area contributed by atoms with Gasteiger partial charge in [0.05, 0.1) is 0 Å². The van der Waals surface area contributed by atoms with Crippen LogP contribution in [0.4, 0.5) is 22.7 Å². The molecule has 0 bridgehead atoms. The van der Waals surface area contributed by atoms with E-state index in [1.807, 2.05) is 0 Å². The molecule has 43 heavy (non-hydrogen) atoms. The predicted molar refractivity (Wildman–Crippen MR) is 199 cm³/mol. The molecule has 0 radical (unpaired) electrons. The van der Waals surface area contributed by atoms with E-state index in [0.717, 1.165) is 6.42 Å². The fraction of sp³-hybridized carbons (Fsp3) is 0.351. The predicted octanol–water partition coefficient (Wildman–Crippen LogP) is 6.68. The second-order valence-corrected chi connectivity index (χ2v) is 17.6. The lowest BCUT2D eigenvalue weighted by atomic mass is 10.2. The quantitative estimate of drug-likeness (QED) is 0.166. The second kappa shape index (κ2) is 14.6. The standard InChI is InChI=1S/C37H50N4P2/c1-28(42(34-19-11-30(12-20-34)38(3)4)35-21-13-31(14-22-35)39(5)6)27-29(2)43(36-23-15-32(16-24-36)40(7)8)37-25-17-33(18-26-37)41(9)10/h11-26,28-29H,27H2,1-10H3/t28-,29-/m0/s1. The lowest BCUT2D eigenvalue weighted by Gasteiger charge is -2.32. The molecule has 4 rings (SSSR count). The van der Waals surface area contributed by atoms with Crippen molar-refractivity contribution in [2.24, 2.45) is 0 Å². The van der Waals surface area contributed by atoms with Gasteiger partial charge in [-0.3, -0.25) is 0 Å². The minimum absolute atomic E-state index is 0.521. The van der Waals surface area contributed by atoms with Gasteiger partial charge in [-0.15, -0.1) is 0 Å². The van der Waals surface area contributed by atoms with Crippen LogP contribution in [0.25, 0.3) is 0 Å². The molecule has 0 heterocycles. The zero-order valence-corrected chi connectivity index (χ0v) is 29.6. The Hall–Kier alpha value is -3.06. The molecule has 6 heteroatoms. The van der Waals surface area contributed by atoms with Crippen molar-refractivity contribution in [2.45, 2.75) is 31.6 Å². The molecule has 0 aliphatic heterocycles. The highest BCUT2D eigenvalue weighted by molar-refractivity contribution is 7.74. The first kappa shape index (κ1) is 32.8. The van der Waals surface area contributed by atoms with E-state index in [9.17, 15) is 0 Å². The van der Waals surface area contributed by atoms with E-state index < -0.39 is 15.8 Å². The molecule has 0 unspecified atom stereocenters. The van der Waals surface area contributed by atoms with Crippen LogP contribution in [0, 0.1) is 0 Å². The number of rotatable bonds is 12. The minimum atomic E-state index is -0.538. The molecule has 2 atom stereocenters. The average Bonchev–Trinajstić information content (AvgIpc) is 2.98. The van der Waals surface area contributed by atoms with Crippen molar-refractivity contribution in [2.75, 3.05) is 76.0 Å². The maximum Gasteiger partial charge on any atom is 0.0361 e. The van der Waals surface area contributed by atoms with E-state index >= 15 is 0 Å². The van der Waals surface area contributed by atoms with Crippen LogP contribution in [0.1, 0.15) is 20.3 Å². The molecule has 0 spiro atoms. The first-order chi connectivity index (χ1) is 20.5. The molecule has 0 N–H and O–H groups in total. The van der Waals surface area contributed by atoms with Crippen LogP contribution in [0.5, 0.6) is 0 Å². The number of hydrogen-bond acceptors (Lipinski definition) is 4. The molecule has 0 saturated heterocycles. The number of hydrogen-bond donors (Lipinski definition) is 0. The summed E-state index contributed by atoms with van der Waals surface area (Å²) in [5.74, 6) is 0. The molecule has 0 fully saturated rings. The Bertz CT molecular complexity index is 1200. The number of nitrogens with zero attached hydrogens (tertiary/aromatic N) is 4. The summed E-state index contributed by atoms with van der Waals surface area (Å²) in [4.78, 5) is 8.72. The highest BCUT2D eigenvalue weighted by Gasteiger charge is 2.28. The van der Waals surface area contributed by atoms with Gasteiger partial charge in [0.25, 0.3) is 0 Å². The summed E-state index contributed by atoms with van der Waals surface area (Å²) in [5.41, 5.74) is 6.02. The molecular weight excluding hydrogens is 562 g/mol. The third kappa shape index (κ3) is 8.11. The summed E-state index contributed by atoms with van der Waals surface area (Å²) in [6.07, 6.45) is 1.16. The van der Waals surface area contributed by atoms with Crippen molar-refractivity contribution in [3.8, 4) is 0 Å². The molecule has 0 aliphatic rings. The summed E-state index contributed by atoms with van der Waals surface area (Å²) in [6, 6.07) is 37.2. The van der Waals surface area contributed by atoms with Gasteiger partial charge in [-0.25, -0.2) is 0 Å². The minimum Gasteiger partial charge on any atom is -0.378 e. The Labute approximate surface area is 263 Å². The van der Waals surface area contributed by atoms with Gasteiger partial charge in [-0.1, -0.05) is 62.4 Å². The Balaban J connectivity index is 1.70. The highest BCUT2D eigenvalue weighted by atomic mass is 31.1. The van der Waals surface area contributed by atoms with E-state index in [0.29, 0.717) is 11.3 Å². The Morgan fingerprint density at radius 3 is 0.721 bits per heavy atom. The van der Waals surface area contributed by atoms with Gasteiger partial charge in [0.2, 0.25) is 0 Å². The third-order valence-corrected chi connectivity index (χ3v) is 13.7. The summed E-state index contributed by atoms with van der Waals surface area (Å²) < 4.78 is 0. The van der Waals surface area contributed by atoms with Gasteiger partial charge >= 0.3 is 0 Å². The fourth-order valence-electron chi connectivity index (χ4n) is 5.67. The zero-order chi connectivity index (χ0) is 31.3. The molecule has 228 valence electrons. The Kier molecular flexibility index (Phi) is 11.2. The summed E-state index contributed by atoms with van der Waals surface area (Å²) in [7, 11) is 15.8.